The molecule has 0 spiro atoms. The SMILES string of the molecule is O=C(c1ccccc1Br)N1CCN(c2ccnc(N3CCCC3)n2)CC1. The van der Waals surface area contributed by atoms with Gasteiger partial charge in [0.05, 0.1) is 5.56 Å². The van der Waals surface area contributed by atoms with Gasteiger partial charge in [0, 0.05) is 49.9 Å². The summed E-state index contributed by atoms with van der Waals surface area (Å²) in [6.45, 7) is 5.04. The Kier molecular flexibility index (Phi) is 5.06. The number of rotatable bonds is 3. The molecule has 1 aromatic carbocycles. The van der Waals surface area contributed by atoms with Crippen molar-refractivity contribution in [1.29, 1.82) is 0 Å². The van der Waals surface area contributed by atoms with E-state index < -0.39 is 0 Å². The average molecular weight is 416 g/mol. The fourth-order valence-corrected chi connectivity index (χ4v) is 3.98. The summed E-state index contributed by atoms with van der Waals surface area (Å²) in [5.41, 5.74) is 0.722. The second kappa shape index (κ2) is 7.61. The summed E-state index contributed by atoms with van der Waals surface area (Å²) in [5.74, 6) is 1.86. The molecule has 2 aliphatic heterocycles. The van der Waals surface area contributed by atoms with Gasteiger partial charge < -0.3 is 14.7 Å². The number of carbonyl (C=O) groups is 1. The first-order valence-electron chi connectivity index (χ1n) is 9.09. The molecule has 2 fully saturated rings. The summed E-state index contributed by atoms with van der Waals surface area (Å²) >= 11 is 3.47. The number of anilines is 2. The number of nitrogens with zero attached hydrogens (tertiary/aromatic N) is 5. The van der Waals surface area contributed by atoms with Gasteiger partial charge in [-0.25, -0.2) is 4.98 Å². The molecule has 0 saturated carbocycles. The van der Waals surface area contributed by atoms with Crippen LogP contribution in [0.3, 0.4) is 0 Å². The van der Waals surface area contributed by atoms with E-state index in [1.54, 1.807) is 0 Å². The highest BCUT2D eigenvalue weighted by atomic mass is 79.9. The van der Waals surface area contributed by atoms with E-state index in [1.807, 2.05) is 41.4 Å². The van der Waals surface area contributed by atoms with Crippen LogP contribution in [0.5, 0.6) is 0 Å². The number of hydrogen-bond acceptors (Lipinski definition) is 5. The van der Waals surface area contributed by atoms with Crippen LogP contribution in [0.4, 0.5) is 11.8 Å². The minimum atomic E-state index is 0.0811. The highest BCUT2D eigenvalue weighted by Crippen LogP contribution is 2.22. The third-order valence-corrected chi connectivity index (χ3v) is 5.70. The number of piperazine rings is 1. The van der Waals surface area contributed by atoms with Crippen molar-refractivity contribution in [2.45, 2.75) is 12.8 Å². The van der Waals surface area contributed by atoms with Gasteiger partial charge in [-0.15, -0.1) is 0 Å². The van der Waals surface area contributed by atoms with E-state index in [0.717, 1.165) is 48.0 Å². The summed E-state index contributed by atoms with van der Waals surface area (Å²) in [4.78, 5) is 28.3. The number of aromatic nitrogens is 2. The molecule has 6 nitrogen and oxygen atoms in total. The summed E-state index contributed by atoms with van der Waals surface area (Å²) in [7, 11) is 0. The summed E-state index contributed by atoms with van der Waals surface area (Å²) in [5, 5.41) is 0. The Morgan fingerprint density at radius 2 is 1.65 bits per heavy atom. The molecule has 0 atom stereocenters. The molecule has 26 heavy (non-hydrogen) atoms. The third-order valence-electron chi connectivity index (χ3n) is 5.01. The highest BCUT2D eigenvalue weighted by Gasteiger charge is 2.24. The van der Waals surface area contributed by atoms with Crippen LogP contribution in [0.15, 0.2) is 41.0 Å². The lowest BCUT2D eigenvalue weighted by Crippen LogP contribution is -2.49. The second-order valence-corrected chi connectivity index (χ2v) is 7.52. The molecule has 0 N–H and O–H groups in total. The first-order chi connectivity index (χ1) is 12.7. The minimum Gasteiger partial charge on any atom is -0.353 e. The van der Waals surface area contributed by atoms with Crippen molar-refractivity contribution in [3.8, 4) is 0 Å². The van der Waals surface area contributed by atoms with E-state index in [0.29, 0.717) is 13.1 Å². The Bertz CT molecular complexity index is 785. The predicted octanol–water partition coefficient (Wildman–Crippen LogP) is 2.80. The lowest BCUT2D eigenvalue weighted by atomic mass is 10.2. The zero-order valence-corrected chi connectivity index (χ0v) is 16.2. The van der Waals surface area contributed by atoms with Crippen molar-refractivity contribution >= 4 is 33.6 Å². The number of carbonyl (C=O) groups excluding carboxylic acids is 1. The van der Waals surface area contributed by atoms with Gasteiger partial charge in [-0.05, 0) is 47.0 Å². The largest absolute Gasteiger partial charge is 0.353 e. The Morgan fingerprint density at radius 1 is 0.923 bits per heavy atom. The Labute approximate surface area is 162 Å². The van der Waals surface area contributed by atoms with Gasteiger partial charge in [-0.2, -0.15) is 4.98 Å². The molecule has 7 heteroatoms. The molecule has 136 valence electrons. The monoisotopic (exact) mass is 415 g/mol. The minimum absolute atomic E-state index is 0.0811. The van der Waals surface area contributed by atoms with Gasteiger partial charge in [0.25, 0.3) is 5.91 Å². The normalized spacial score (nSPS) is 17.7. The van der Waals surface area contributed by atoms with Crippen molar-refractivity contribution in [3.05, 3.63) is 46.6 Å². The van der Waals surface area contributed by atoms with Crippen LogP contribution >= 0.6 is 15.9 Å². The van der Waals surface area contributed by atoms with E-state index in [4.69, 9.17) is 4.98 Å². The molecular weight excluding hydrogens is 394 g/mol. The van der Waals surface area contributed by atoms with Gasteiger partial charge in [-0.3, -0.25) is 4.79 Å². The molecule has 1 amide bonds. The van der Waals surface area contributed by atoms with Crippen LogP contribution < -0.4 is 9.80 Å². The third kappa shape index (κ3) is 3.53. The van der Waals surface area contributed by atoms with Crippen LogP contribution in [0.25, 0.3) is 0 Å². The summed E-state index contributed by atoms with van der Waals surface area (Å²) in [6.07, 6.45) is 4.27. The predicted molar refractivity (Wildman–Crippen MR) is 106 cm³/mol. The number of amides is 1. The number of hydrogen-bond donors (Lipinski definition) is 0. The zero-order chi connectivity index (χ0) is 17.9. The summed E-state index contributed by atoms with van der Waals surface area (Å²) in [6, 6.07) is 9.56. The molecule has 0 radical (unpaired) electrons. The van der Waals surface area contributed by atoms with E-state index >= 15 is 0 Å². The zero-order valence-electron chi connectivity index (χ0n) is 14.6. The lowest BCUT2D eigenvalue weighted by molar-refractivity contribution is 0.0745. The van der Waals surface area contributed by atoms with Gasteiger partial charge in [0.15, 0.2) is 0 Å². The molecule has 0 bridgehead atoms. The maximum atomic E-state index is 12.7. The molecule has 3 heterocycles. The van der Waals surface area contributed by atoms with Crippen molar-refractivity contribution in [2.24, 2.45) is 0 Å². The lowest BCUT2D eigenvalue weighted by Gasteiger charge is -2.35. The quantitative estimate of drug-likeness (QED) is 0.771. The van der Waals surface area contributed by atoms with Crippen molar-refractivity contribution < 1.29 is 4.79 Å². The molecule has 1 aromatic heterocycles. The molecule has 4 rings (SSSR count). The first kappa shape index (κ1) is 17.3. The Balaban J connectivity index is 1.41. The fourth-order valence-electron chi connectivity index (χ4n) is 3.53. The average Bonchev–Trinajstić information content (AvgIpc) is 3.23. The van der Waals surface area contributed by atoms with Crippen LogP contribution in [-0.2, 0) is 0 Å². The van der Waals surface area contributed by atoms with Gasteiger partial charge in [0.2, 0.25) is 5.95 Å². The second-order valence-electron chi connectivity index (χ2n) is 6.67. The maximum absolute atomic E-state index is 12.7. The smallest absolute Gasteiger partial charge is 0.255 e. The highest BCUT2D eigenvalue weighted by molar-refractivity contribution is 9.10. The summed E-state index contributed by atoms with van der Waals surface area (Å²) < 4.78 is 0.846. The van der Waals surface area contributed by atoms with Crippen molar-refractivity contribution in [2.75, 3.05) is 49.1 Å². The topological polar surface area (TPSA) is 52.6 Å². The molecule has 0 aliphatic carbocycles. The number of halogens is 1. The van der Waals surface area contributed by atoms with E-state index in [2.05, 4.69) is 30.7 Å². The van der Waals surface area contributed by atoms with Crippen LogP contribution in [0.1, 0.15) is 23.2 Å². The van der Waals surface area contributed by atoms with Crippen LogP contribution in [0, 0.1) is 0 Å². The molecule has 0 unspecified atom stereocenters. The van der Waals surface area contributed by atoms with Crippen molar-refractivity contribution in [1.82, 2.24) is 14.9 Å². The van der Waals surface area contributed by atoms with E-state index in [9.17, 15) is 4.79 Å². The van der Waals surface area contributed by atoms with Crippen LogP contribution in [-0.4, -0.2) is 60.0 Å². The number of benzene rings is 1. The standard InChI is InChI=1S/C19H22BrN5O/c20-16-6-2-1-5-15(16)18(26)24-13-11-23(12-14-24)17-7-8-21-19(22-17)25-9-3-4-10-25/h1-2,5-8H,3-4,9-14H2. The van der Waals surface area contributed by atoms with Crippen molar-refractivity contribution in [3.63, 3.8) is 0 Å². The molecule has 2 aliphatic rings. The fraction of sp³-hybridized carbons (Fsp3) is 0.421. The van der Waals surface area contributed by atoms with E-state index in [1.165, 1.54) is 12.8 Å². The van der Waals surface area contributed by atoms with Gasteiger partial charge >= 0.3 is 0 Å². The molecule has 2 aromatic rings. The molecular formula is C19H22BrN5O. The first-order valence-corrected chi connectivity index (χ1v) is 9.88. The Morgan fingerprint density at radius 3 is 2.38 bits per heavy atom. The maximum Gasteiger partial charge on any atom is 0.255 e. The van der Waals surface area contributed by atoms with Gasteiger partial charge in [0.1, 0.15) is 5.82 Å². The van der Waals surface area contributed by atoms with E-state index in [-0.39, 0.29) is 5.91 Å². The molecule has 2 saturated heterocycles. The van der Waals surface area contributed by atoms with Crippen LogP contribution in [0.2, 0.25) is 0 Å². The van der Waals surface area contributed by atoms with Gasteiger partial charge in [-0.1, -0.05) is 12.1 Å². The Hall–Kier alpha value is -2.15.